The maximum absolute atomic E-state index is 11.6. The van der Waals surface area contributed by atoms with Crippen molar-refractivity contribution in [2.24, 2.45) is 5.73 Å². The summed E-state index contributed by atoms with van der Waals surface area (Å²) in [5.74, 6) is -0.197. The molecule has 0 radical (unpaired) electrons. The number of ether oxygens (including phenoxy) is 1. The third kappa shape index (κ3) is 5.90. The second-order valence-electron chi connectivity index (χ2n) is 4.37. The van der Waals surface area contributed by atoms with Crippen molar-refractivity contribution in [2.45, 2.75) is 19.3 Å². The molecular weight excluding hydrogens is 242 g/mol. The minimum Gasteiger partial charge on any atom is -0.462 e. The summed E-state index contributed by atoms with van der Waals surface area (Å²) in [6.45, 7) is 1.18. The van der Waals surface area contributed by atoms with Crippen molar-refractivity contribution >= 4 is 11.9 Å². The van der Waals surface area contributed by atoms with Crippen molar-refractivity contribution in [2.75, 3.05) is 20.2 Å². The Morgan fingerprint density at radius 2 is 1.95 bits per heavy atom. The Bertz CT molecular complexity index is 406. The molecule has 0 aliphatic rings. The van der Waals surface area contributed by atoms with E-state index in [1.165, 1.54) is 0 Å². The predicted molar refractivity (Wildman–Crippen MR) is 75.1 cm³/mol. The topological polar surface area (TPSA) is 79.4 Å². The lowest BCUT2D eigenvalue weighted by Crippen LogP contribution is -2.33. The zero-order chi connectivity index (χ0) is 14.1. The van der Waals surface area contributed by atoms with Crippen LogP contribution in [0.1, 0.15) is 29.6 Å². The number of rotatable bonds is 7. The quantitative estimate of drug-likeness (QED) is 0.340. The zero-order valence-corrected chi connectivity index (χ0v) is 11.3. The third-order valence-electron chi connectivity index (χ3n) is 2.79. The van der Waals surface area contributed by atoms with Gasteiger partial charge in [-0.25, -0.2) is 4.79 Å². The van der Waals surface area contributed by atoms with Crippen LogP contribution >= 0.6 is 0 Å². The molecule has 0 heterocycles. The van der Waals surface area contributed by atoms with Crippen molar-refractivity contribution in [3.05, 3.63) is 35.9 Å². The number of hydrogen-bond donors (Lipinski definition) is 2. The number of carbonyl (C=O) groups is 1. The molecule has 104 valence electrons. The fourth-order valence-electron chi connectivity index (χ4n) is 1.57. The summed E-state index contributed by atoms with van der Waals surface area (Å²) in [6.07, 6.45) is 2.70. The van der Waals surface area contributed by atoms with Crippen LogP contribution in [0.15, 0.2) is 30.3 Å². The number of benzene rings is 1. The fourth-order valence-corrected chi connectivity index (χ4v) is 1.57. The number of guanidine groups is 1. The lowest BCUT2D eigenvalue weighted by molar-refractivity contribution is 0.0497. The van der Waals surface area contributed by atoms with Crippen LogP contribution in [0.2, 0.25) is 0 Å². The molecule has 0 amide bonds. The lowest BCUT2D eigenvalue weighted by Gasteiger charge is -2.15. The van der Waals surface area contributed by atoms with Gasteiger partial charge in [0.1, 0.15) is 0 Å². The van der Waals surface area contributed by atoms with E-state index in [0.29, 0.717) is 12.2 Å². The largest absolute Gasteiger partial charge is 0.462 e. The standard InChI is InChI=1S/C14H21N3O2/c1-17(14(15)16)10-6-3-7-11-19-13(18)12-8-4-2-5-9-12/h2,4-5,8-9H,3,6-7,10-11H2,1H3,(H3,15,16). The highest BCUT2D eigenvalue weighted by Gasteiger charge is 2.05. The van der Waals surface area contributed by atoms with E-state index >= 15 is 0 Å². The van der Waals surface area contributed by atoms with E-state index in [9.17, 15) is 4.79 Å². The van der Waals surface area contributed by atoms with Crippen LogP contribution in [0.25, 0.3) is 0 Å². The first kappa shape index (κ1) is 15.0. The van der Waals surface area contributed by atoms with E-state index in [0.717, 1.165) is 25.8 Å². The van der Waals surface area contributed by atoms with Crippen molar-refractivity contribution in [1.29, 1.82) is 5.41 Å². The number of hydrogen-bond acceptors (Lipinski definition) is 3. The Morgan fingerprint density at radius 1 is 1.26 bits per heavy atom. The van der Waals surface area contributed by atoms with Gasteiger partial charge in [-0.1, -0.05) is 18.2 Å². The van der Waals surface area contributed by atoms with Gasteiger partial charge >= 0.3 is 5.97 Å². The van der Waals surface area contributed by atoms with Crippen LogP contribution < -0.4 is 5.73 Å². The highest BCUT2D eigenvalue weighted by atomic mass is 16.5. The van der Waals surface area contributed by atoms with Crippen LogP contribution in [0.4, 0.5) is 0 Å². The summed E-state index contributed by atoms with van der Waals surface area (Å²) in [5.41, 5.74) is 5.90. The molecule has 0 unspecified atom stereocenters. The average Bonchev–Trinajstić information content (AvgIpc) is 2.42. The SMILES string of the molecule is CN(CCCCCOC(=O)c1ccccc1)C(=N)N. The zero-order valence-electron chi connectivity index (χ0n) is 11.3. The fraction of sp³-hybridized carbons (Fsp3) is 0.429. The van der Waals surface area contributed by atoms with Gasteiger partial charge in [0.05, 0.1) is 12.2 Å². The van der Waals surface area contributed by atoms with E-state index in [4.69, 9.17) is 15.9 Å². The van der Waals surface area contributed by atoms with Crippen molar-refractivity contribution in [3.8, 4) is 0 Å². The Labute approximate surface area is 113 Å². The van der Waals surface area contributed by atoms with Crippen LogP contribution in [-0.4, -0.2) is 37.0 Å². The maximum atomic E-state index is 11.6. The highest BCUT2D eigenvalue weighted by Crippen LogP contribution is 2.03. The van der Waals surface area contributed by atoms with E-state index in [2.05, 4.69) is 0 Å². The Morgan fingerprint density at radius 3 is 2.58 bits per heavy atom. The lowest BCUT2D eigenvalue weighted by atomic mass is 10.2. The molecule has 0 atom stereocenters. The molecule has 0 aromatic heterocycles. The number of nitrogens with zero attached hydrogens (tertiary/aromatic N) is 1. The van der Waals surface area contributed by atoms with Gasteiger partial charge in [0.25, 0.3) is 0 Å². The molecular formula is C14H21N3O2. The minimum absolute atomic E-state index is 0.0792. The summed E-state index contributed by atoms with van der Waals surface area (Å²) in [7, 11) is 1.79. The van der Waals surface area contributed by atoms with Crippen molar-refractivity contribution < 1.29 is 9.53 Å². The highest BCUT2D eigenvalue weighted by molar-refractivity contribution is 5.89. The molecule has 0 fully saturated rings. The average molecular weight is 263 g/mol. The van der Waals surface area contributed by atoms with E-state index < -0.39 is 0 Å². The van der Waals surface area contributed by atoms with E-state index in [-0.39, 0.29) is 11.9 Å². The molecule has 0 aliphatic heterocycles. The molecule has 5 nitrogen and oxygen atoms in total. The summed E-state index contributed by atoms with van der Waals surface area (Å²) in [6, 6.07) is 8.97. The Hall–Kier alpha value is -2.04. The van der Waals surface area contributed by atoms with Gasteiger partial charge in [0.2, 0.25) is 0 Å². The second-order valence-corrected chi connectivity index (χ2v) is 4.37. The number of nitrogens with one attached hydrogen (secondary N) is 1. The Balaban J connectivity index is 2.08. The van der Waals surface area contributed by atoms with Gasteiger partial charge in [-0.15, -0.1) is 0 Å². The number of carbonyl (C=O) groups excluding carboxylic acids is 1. The monoisotopic (exact) mass is 263 g/mol. The van der Waals surface area contributed by atoms with Crippen LogP contribution in [-0.2, 0) is 4.74 Å². The van der Waals surface area contributed by atoms with E-state index in [1.54, 1.807) is 24.1 Å². The van der Waals surface area contributed by atoms with Crippen LogP contribution in [0.5, 0.6) is 0 Å². The van der Waals surface area contributed by atoms with Crippen molar-refractivity contribution in [3.63, 3.8) is 0 Å². The van der Waals surface area contributed by atoms with Gasteiger partial charge in [-0.2, -0.15) is 0 Å². The van der Waals surface area contributed by atoms with Gasteiger partial charge in [-0.05, 0) is 31.4 Å². The predicted octanol–water partition coefficient (Wildman–Crippen LogP) is 1.84. The molecule has 0 spiro atoms. The normalized spacial score (nSPS) is 9.95. The molecule has 19 heavy (non-hydrogen) atoms. The van der Waals surface area contributed by atoms with Gasteiger partial charge in [0.15, 0.2) is 5.96 Å². The molecule has 5 heteroatoms. The van der Waals surface area contributed by atoms with Crippen LogP contribution in [0.3, 0.4) is 0 Å². The summed E-state index contributed by atoms with van der Waals surface area (Å²) in [4.78, 5) is 13.3. The first-order chi connectivity index (χ1) is 9.11. The Kier molecular flexibility index (Phi) is 6.43. The summed E-state index contributed by atoms with van der Waals surface area (Å²) in [5, 5.41) is 7.20. The molecule has 3 N–H and O–H groups in total. The smallest absolute Gasteiger partial charge is 0.338 e. The minimum atomic E-state index is -0.276. The van der Waals surface area contributed by atoms with E-state index in [1.807, 2.05) is 18.2 Å². The molecule has 1 aromatic rings. The second kappa shape index (κ2) is 8.13. The summed E-state index contributed by atoms with van der Waals surface area (Å²) >= 11 is 0. The molecule has 0 aliphatic carbocycles. The van der Waals surface area contributed by atoms with Crippen molar-refractivity contribution in [1.82, 2.24) is 4.90 Å². The van der Waals surface area contributed by atoms with Crippen LogP contribution in [0, 0.1) is 5.41 Å². The molecule has 0 saturated heterocycles. The van der Waals surface area contributed by atoms with Gasteiger partial charge in [-0.3, -0.25) is 5.41 Å². The number of unbranched alkanes of at least 4 members (excludes halogenated alkanes) is 2. The number of esters is 1. The molecule has 0 bridgehead atoms. The molecule has 1 aromatic carbocycles. The maximum Gasteiger partial charge on any atom is 0.338 e. The first-order valence-electron chi connectivity index (χ1n) is 6.38. The number of nitrogens with two attached hydrogens (primary N) is 1. The van der Waals surface area contributed by atoms with Gasteiger partial charge in [0, 0.05) is 13.6 Å². The first-order valence-corrected chi connectivity index (χ1v) is 6.38. The molecule has 1 rings (SSSR count). The summed E-state index contributed by atoms with van der Waals surface area (Å²) < 4.78 is 5.16. The van der Waals surface area contributed by atoms with Gasteiger partial charge < -0.3 is 15.4 Å². The molecule has 0 saturated carbocycles. The third-order valence-corrected chi connectivity index (χ3v) is 2.79.